The van der Waals surface area contributed by atoms with Crippen LogP contribution in [0.4, 0.5) is 106 Å². The maximum Gasteiger partial charge on any atom is 0.320 e. The molecule has 0 bridgehead atoms. The molecule has 4 fully saturated rings. The first-order valence-corrected chi connectivity index (χ1v) is 45.2. The van der Waals surface area contributed by atoms with Crippen molar-refractivity contribution in [3.63, 3.8) is 0 Å². The Balaban J connectivity index is 0.000000126. The lowest BCUT2D eigenvalue weighted by molar-refractivity contribution is 0.107. The Morgan fingerprint density at radius 3 is 0.728 bits per heavy atom. The lowest BCUT2D eigenvalue weighted by Crippen LogP contribution is -2.36. The topological polar surface area (TPSA) is 494 Å². The Hall–Kier alpha value is -14.6. The number of pyridine rings is 8. The van der Waals surface area contributed by atoms with E-state index in [0.29, 0.717) is 187 Å². The minimum Gasteiger partial charge on any atom is -0.474 e. The number of nitrogens with two attached hydrogens (primary N) is 4. The highest BCUT2D eigenvalue weighted by molar-refractivity contribution is 6.05. The van der Waals surface area contributed by atoms with Gasteiger partial charge in [0.15, 0.2) is 23.3 Å². The fraction of sp³-hybridized carbons (Fsp3) is 0.375. The van der Waals surface area contributed by atoms with Crippen molar-refractivity contribution >= 4 is 136 Å². The number of fused-ring (bicyclic) bond motifs is 8. The van der Waals surface area contributed by atoms with Crippen molar-refractivity contribution in [1.29, 1.82) is 0 Å². The van der Waals surface area contributed by atoms with Crippen LogP contribution in [0.15, 0.2) is 98.1 Å². The van der Waals surface area contributed by atoms with Gasteiger partial charge in [0.25, 0.3) is 0 Å². The molecule has 0 unspecified atom stereocenters. The third kappa shape index (κ3) is 20.0. The van der Waals surface area contributed by atoms with Gasteiger partial charge in [-0.05, 0) is 197 Å². The van der Waals surface area contributed by atoms with Crippen LogP contribution in [0, 0.1) is 51.0 Å². The summed E-state index contributed by atoms with van der Waals surface area (Å²) in [4.78, 5) is 84.3. The largest absolute Gasteiger partial charge is 0.474 e. The zero-order chi connectivity index (χ0) is 95.3. The molecule has 36 nitrogen and oxygen atoms in total. The molecule has 8 aliphatic rings. The van der Waals surface area contributed by atoms with Gasteiger partial charge >= 0.3 is 24.1 Å². The summed E-state index contributed by atoms with van der Waals surface area (Å²) in [6.45, 7) is 12.3. The number of amides is 8. The third-order valence-electron chi connectivity index (χ3n) is 26.1. The van der Waals surface area contributed by atoms with Crippen LogP contribution < -0.4 is 106 Å². The van der Waals surface area contributed by atoms with E-state index in [4.69, 9.17) is 60.8 Å². The fourth-order valence-corrected chi connectivity index (χ4v) is 18.7. The SMILES string of the molecule is CO[C@@H]1CC[C@@H](NC(=O)Nc2cc3cc(-c4cnc5c(c4C)NCCO5)c(F)c(N)c3cn2)C1.CO[C@@H]1CC[C@H](NC(=O)Nc2cc3cc(-c4cnc5c(c4C)NCCO5)c(F)c(N)c3cn2)C1.CO[C@H]1CC[C@@H](NC(=O)Nc2cc3cc(-c4cnc5c(c4C)NCCO5)c(F)c(N)c3cn2)C1.CO[C@H]1CC[C@H](NC(=O)Nc2cc3cc(-c4cnc5c(c4C)NCCO5)c(F)c(N)c3cn2)C1. The van der Waals surface area contributed by atoms with Crippen LogP contribution >= 0.6 is 0 Å². The van der Waals surface area contributed by atoms with E-state index in [-0.39, 0.29) is 95.5 Å². The summed E-state index contributed by atoms with van der Waals surface area (Å²) in [6.07, 6.45) is 23.2. The number of ether oxygens (including phenoxy) is 8. The van der Waals surface area contributed by atoms with Crippen molar-refractivity contribution in [2.75, 3.05) is 147 Å². The molecule has 0 saturated heterocycles. The predicted octanol–water partition coefficient (Wildman–Crippen LogP) is 15.3. The number of carbonyl (C=O) groups excluding carboxylic acids is 4. The summed E-state index contributed by atoms with van der Waals surface area (Å²) in [5, 5.41) is 40.4. The lowest BCUT2D eigenvalue weighted by atomic mass is 9.97. The molecule has 8 atom stereocenters. The number of urea groups is 4. The monoisotopic (exact) mass is 1860 g/mol. The Labute approximate surface area is 779 Å². The number of anilines is 12. The van der Waals surface area contributed by atoms with Crippen molar-refractivity contribution in [2.24, 2.45) is 0 Å². The van der Waals surface area contributed by atoms with E-state index < -0.39 is 23.3 Å². The number of rotatable bonds is 16. The molecule has 4 aromatic carbocycles. The van der Waals surface area contributed by atoms with Crippen LogP contribution in [0.1, 0.15) is 99.3 Å². The summed E-state index contributed by atoms with van der Waals surface area (Å²) in [5.74, 6) is 1.24. The number of hydrogen-bond acceptors (Lipinski definition) is 28. The van der Waals surface area contributed by atoms with E-state index in [1.54, 1.807) is 102 Å². The average Bonchev–Trinajstić information content (AvgIpc) is 0.948. The molecule has 20 rings (SSSR count). The Morgan fingerprint density at radius 1 is 0.316 bits per heavy atom. The Morgan fingerprint density at radius 2 is 0.529 bits per heavy atom. The van der Waals surface area contributed by atoms with Crippen molar-refractivity contribution in [3.05, 3.63) is 144 Å². The second-order valence-electron chi connectivity index (χ2n) is 34.6. The van der Waals surface area contributed by atoms with Gasteiger partial charge in [-0.25, -0.2) is 76.6 Å². The molecule has 12 aromatic rings. The number of nitrogens with one attached hydrogen (secondary N) is 12. The van der Waals surface area contributed by atoms with Crippen LogP contribution in [0.2, 0.25) is 0 Å². The average molecular weight is 1870 g/mol. The van der Waals surface area contributed by atoms with Crippen LogP contribution in [0.5, 0.6) is 23.5 Å². The Bertz CT molecular complexity index is 5850. The highest BCUT2D eigenvalue weighted by Crippen LogP contribution is 2.46. The third-order valence-corrected chi connectivity index (χ3v) is 26.1. The molecule has 4 aliphatic heterocycles. The van der Waals surface area contributed by atoms with E-state index >= 15 is 17.6 Å². The van der Waals surface area contributed by atoms with Gasteiger partial charge in [0.1, 0.15) is 72.4 Å². The zero-order valence-electron chi connectivity index (χ0n) is 76.3. The molecule has 136 heavy (non-hydrogen) atoms. The number of nitrogens with zero attached hydrogens (tertiary/aromatic N) is 8. The van der Waals surface area contributed by atoms with Crippen molar-refractivity contribution in [1.82, 2.24) is 61.1 Å². The summed E-state index contributed by atoms with van der Waals surface area (Å²) in [7, 11) is 6.73. The summed E-state index contributed by atoms with van der Waals surface area (Å²) >= 11 is 0. The van der Waals surface area contributed by atoms with Crippen LogP contribution in [-0.4, -0.2) is 194 Å². The van der Waals surface area contributed by atoms with Gasteiger partial charge in [-0.1, -0.05) is 0 Å². The normalized spacial score (nSPS) is 19.3. The van der Waals surface area contributed by atoms with E-state index in [1.165, 1.54) is 24.8 Å². The van der Waals surface area contributed by atoms with Crippen LogP contribution in [-0.2, 0) is 18.9 Å². The molecule has 40 heteroatoms. The summed E-state index contributed by atoms with van der Waals surface area (Å²) in [5.41, 5.74) is 34.6. The first-order valence-electron chi connectivity index (χ1n) is 45.2. The second kappa shape index (κ2) is 40.7. The maximum absolute atomic E-state index is 15.3. The maximum atomic E-state index is 15.3. The van der Waals surface area contributed by atoms with Gasteiger partial charge in [0.05, 0.1) is 47.2 Å². The molecule has 4 saturated carbocycles. The molecule has 8 aromatic heterocycles. The fourth-order valence-electron chi connectivity index (χ4n) is 18.7. The molecular weight excluding hydrogens is 1760 g/mol. The van der Waals surface area contributed by atoms with Gasteiger partial charge in [-0.3, -0.25) is 21.3 Å². The molecule has 4 aliphatic carbocycles. The van der Waals surface area contributed by atoms with Gasteiger partial charge in [0.2, 0.25) is 23.5 Å². The van der Waals surface area contributed by atoms with Crippen molar-refractivity contribution in [2.45, 2.75) is 153 Å². The number of methoxy groups -OCH3 is 4. The standard InChI is InChI=1S/4C24H27FN6O3/c4*1-12-17(10-29-23-22(12)27-5-6-34-23)16-7-13-8-19(28-11-18(13)21(26)20(16)25)31-24(32)30-14-3-4-15(9-14)33-2/h4*7-8,10-11,14-15,27H,3-6,9,26H2,1-2H3,(H2,28,30,31,32)/t2*14-,15+;2*14-,15-/m1010/s1. The second-order valence-corrected chi connectivity index (χ2v) is 34.6. The number of carbonyl (C=O) groups is 4. The van der Waals surface area contributed by atoms with Gasteiger partial charge in [-0.2, -0.15) is 0 Å². The first kappa shape index (κ1) is 93.2. The predicted molar refractivity (Wildman–Crippen MR) is 515 cm³/mol. The minimum atomic E-state index is -0.539. The molecular formula is C96H108F4N24O12. The zero-order valence-corrected chi connectivity index (χ0v) is 76.3. The number of nitrogen functional groups attached to an aromatic ring is 4. The van der Waals surface area contributed by atoms with Gasteiger partial charge in [0, 0.05) is 194 Å². The Kier molecular flexibility index (Phi) is 27.9. The summed E-state index contributed by atoms with van der Waals surface area (Å²) in [6, 6.07) is 12.4. The minimum absolute atomic E-state index is 0.00565. The summed E-state index contributed by atoms with van der Waals surface area (Å²) < 4.78 is 105. The van der Waals surface area contributed by atoms with Crippen molar-refractivity contribution in [3.8, 4) is 68.0 Å². The molecule has 0 radical (unpaired) electrons. The van der Waals surface area contributed by atoms with E-state index in [9.17, 15) is 19.2 Å². The molecule has 712 valence electrons. The molecule has 0 spiro atoms. The van der Waals surface area contributed by atoms with E-state index in [2.05, 4.69) is 104 Å². The van der Waals surface area contributed by atoms with Gasteiger partial charge in [-0.15, -0.1) is 0 Å². The lowest BCUT2D eigenvalue weighted by Gasteiger charge is -2.22. The first-order chi connectivity index (χ1) is 65.8. The molecule has 12 heterocycles. The number of hydrogen-bond donors (Lipinski definition) is 16. The van der Waals surface area contributed by atoms with E-state index in [1.807, 2.05) is 27.7 Å². The van der Waals surface area contributed by atoms with Crippen LogP contribution in [0.25, 0.3) is 87.6 Å². The number of benzene rings is 4. The molecule has 8 amide bonds. The number of halogens is 4. The van der Waals surface area contributed by atoms with E-state index in [0.717, 1.165) is 122 Å². The van der Waals surface area contributed by atoms with Crippen molar-refractivity contribution < 1.29 is 74.6 Å². The smallest absolute Gasteiger partial charge is 0.320 e. The highest BCUT2D eigenvalue weighted by Gasteiger charge is 2.33. The van der Waals surface area contributed by atoms with Gasteiger partial charge < -0.3 is 103 Å². The van der Waals surface area contributed by atoms with Crippen LogP contribution in [0.3, 0.4) is 0 Å². The quantitative estimate of drug-likeness (QED) is 0.0315. The molecule has 20 N–H and O–H groups in total. The number of aromatic nitrogens is 8. The highest BCUT2D eigenvalue weighted by atomic mass is 19.1.